The first-order valence-electron chi connectivity index (χ1n) is 4.93. The molecule has 1 radical (unpaired) electrons. The highest BCUT2D eigenvalue weighted by Gasteiger charge is 2.07. The molecule has 0 unspecified atom stereocenters. The Bertz CT molecular complexity index is 537. The number of phenolic OH excluding ortho intramolecular Hbond substituents is 1. The van der Waals surface area contributed by atoms with Crippen molar-refractivity contribution in [2.45, 2.75) is 0 Å². The molecule has 2 aromatic carbocycles. The summed E-state index contributed by atoms with van der Waals surface area (Å²) in [6, 6.07) is 13.8. The van der Waals surface area contributed by atoms with Gasteiger partial charge in [0.15, 0.2) is 0 Å². The summed E-state index contributed by atoms with van der Waals surface area (Å²) in [5, 5.41) is 12.6. The molecule has 2 N–H and O–H groups in total. The van der Waals surface area contributed by atoms with Gasteiger partial charge in [-0.1, -0.05) is 17.7 Å². The summed E-state index contributed by atoms with van der Waals surface area (Å²) in [4.78, 5) is 11.8. The Kier molecular flexibility index (Phi) is 3.30. The third kappa shape index (κ3) is 2.77. The summed E-state index contributed by atoms with van der Waals surface area (Å²) in [6.45, 7) is 0. The van der Waals surface area contributed by atoms with Crippen LogP contribution in [-0.2, 0) is 0 Å². The number of carbonyl (C=O) groups excluding carboxylic acids is 1. The van der Waals surface area contributed by atoms with E-state index in [-0.39, 0.29) is 11.7 Å². The monoisotopic (exact) mass is 246 g/mol. The van der Waals surface area contributed by atoms with Crippen molar-refractivity contribution in [3.63, 3.8) is 0 Å². The molecule has 85 valence electrons. The summed E-state index contributed by atoms with van der Waals surface area (Å²) in [5.74, 6) is -0.321. The van der Waals surface area contributed by atoms with Gasteiger partial charge in [0, 0.05) is 10.6 Å². The van der Waals surface area contributed by atoms with E-state index in [2.05, 4.69) is 11.4 Å². The van der Waals surface area contributed by atoms with Crippen LogP contribution < -0.4 is 5.32 Å². The lowest BCUT2D eigenvalue weighted by molar-refractivity contribution is 0.102. The topological polar surface area (TPSA) is 49.3 Å². The van der Waals surface area contributed by atoms with Gasteiger partial charge < -0.3 is 10.4 Å². The minimum absolute atomic E-state index is 0.0187. The molecular formula is C13H9ClNO2. The van der Waals surface area contributed by atoms with E-state index >= 15 is 0 Å². The summed E-state index contributed by atoms with van der Waals surface area (Å²) in [5.41, 5.74) is 0.824. The zero-order valence-corrected chi connectivity index (χ0v) is 9.53. The van der Waals surface area contributed by atoms with E-state index in [9.17, 15) is 9.90 Å². The van der Waals surface area contributed by atoms with Crippen molar-refractivity contribution in [2.75, 3.05) is 5.32 Å². The van der Waals surface area contributed by atoms with Crippen molar-refractivity contribution in [1.82, 2.24) is 0 Å². The van der Waals surface area contributed by atoms with Gasteiger partial charge >= 0.3 is 0 Å². The number of rotatable bonds is 2. The SMILES string of the molecule is O=C(Nc1cc[c]cc1O)c1ccc(Cl)cc1. The maximum Gasteiger partial charge on any atom is 0.255 e. The molecule has 17 heavy (non-hydrogen) atoms. The van der Waals surface area contributed by atoms with Gasteiger partial charge in [-0.2, -0.15) is 0 Å². The fourth-order valence-electron chi connectivity index (χ4n) is 1.32. The Balaban J connectivity index is 2.17. The Morgan fingerprint density at radius 2 is 1.94 bits per heavy atom. The standard InChI is InChI=1S/C13H9ClNO2/c14-10-7-5-9(6-8-10)13(17)15-11-3-1-2-4-12(11)16/h1,3-8,16H,(H,15,17). The number of hydrogen-bond donors (Lipinski definition) is 2. The number of hydrogen-bond acceptors (Lipinski definition) is 2. The Morgan fingerprint density at radius 3 is 2.59 bits per heavy atom. The summed E-state index contributed by atoms with van der Waals surface area (Å²) in [6.07, 6.45) is 0. The second kappa shape index (κ2) is 4.89. The summed E-state index contributed by atoms with van der Waals surface area (Å²) >= 11 is 5.73. The lowest BCUT2D eigenvalue weighted by Crippen LogP contribution is -2.11. The van der Waals surface area contributed by atoms with Crippen LogP contribution in [-0.4, -0.2) is 11.0 Å². The Morgan fingerprint density at radius 1 is 1.24 bits per heavy atom. The van der Waals surface area contributed by atoms with Crippen LogP contribution in [0.15, 0.2) is 42.5 Å². The Hall–Kier alpha value is -2.00. The molecule has 4 heteroatoms. The van der Waals surface area contributed by atoms with Gasteiger partial charge in [-0.15, -0.1) is 0 Å². The predicted octanol–water partition coefficient (Wildman–Crippen LogP) is 3.10. The molecule has 0 bridgehead atoms. The average molecular weight is 247 g/mol. The number of halogens is 1. The molecule has 0 aliphatic heterocycles. The lowest BCUT2D eigenvalue weighted by Gasteiger charge is -2.06. The van der Waals surface area contributed by atoms with Crippen LogP contribution in [0.5, 0.6) is 5.75 Å². The van der Waals surface area contributed by atoms with Crippen LogP contribution in [0.25, 0.3) is 0 Å². The highest BCUT2D eigenvalue weighted by molar-refractivity contribution is 6.30. The normalized spacial score (nSPS) is 9.94. The molecule has 0 heterocycles. The molecular weight excluding hydrogens is 238 g/mol. The molecule has 0 aliphatic carbocycles. The van der Waals surface area contributed by atoms with Gasteiger partial charge in [-0.05, 0) is 42.5 Å². The van der Waals surface area contributed by atoms with Crippen molar-refractivity contribution >= 4 is 23.2 Å². The fraction of sp³-hybridized carbons (Fsp3) is 0. The molecule has 0 fully saturated rings. The third-order valence-corrected chi connectivity index (χ3v) is 2.45. The predicted molar refractivity (Wildman–Crippen MR) is 66.3 cm³/mol. The number of aromatic hydroxyl groups is 1. The molecule has 0 saturated carbocycles. The Labute approximate surface area is 104 Å². The molecule has 0 aromatic heterocycles. The van der Waals surface area contributed by atoms with Crippen molar-refractivity contribution in [3.05, 3.63) is 59.1 Å². The quantitative estimate of drug-likeness (QED) is 0.800. The van der Waals surface area contributed by atoms with Crippen LogP contribution in [0.2, 0.25) is 5.02 Å². The zero-order valence-electron chi connectivity index (χ0n) is 8.77. The molecule has 0 atom stereocenters. The molecule has 3 nitrogen and oxygen atoms in total. The van der Waals surface area contributed by atoms with Crippen LogP contribution >= 0.6 is 11.6 Å². The van der Waals surface area contributed by atoms with Gasteiger partial charge in [0.25, 0.3) is 5.91 Å². The van der Waals surface area contributed by atoms with Gasteiger partial charge in [0.1, 0.15) is 5.75 Å². The largest absolute Gasteiger partial charge is 0.506 e. The number of carbonyl (C=O) groups is 1. The smallest absolute Gasteiger partial charge is 0.255 e. The van der Waals surface area contributed by atoms with E-state index in [4.69, 9.17) is 11.6 Å². The highest BCUT2D eigenvalue weighted by atomic mass is 35.5. The molecule has 2 aromatic rings. The van der Waals surface area contributed by atoms with E-state index < -0.39 is 0 Å². The van der Waals surface area contributed by atoms with Crippen LogP contribution in [0, 0.1) is 6.07 Å². The van der Waals surface area contributed by atoms with Crippen LogP contribution in [0.3, 0.4) is 0 Å². The average Bonchev–Trinajstić information content (AvgIpc) is 2.33. The number of anilines is 1. The number of nitrogens with one attached hydrogen (secondary N) is 1. The van der Waals surface area contributed by atoms with E-state index in [1.807, 2.05) is 0 Å². The van der Waals surface area contributed by atoms with E-state index in [0.717, 1.165) is 0 Å². The summed E-state index contributed by atoms with van der Waals surface area (Å²) < 4.78 is 0. The molecule has 0 saturated heterocycles. The second-order valence-electron chi connectivity index (χ2n) is 3.40. The van der Waals surface area contributed by atoms with E-state index in [1.165, 1.54) is 6.07 Å². The highest BCUT2D eigenvalue weighted by Crippen LogP contribution is 2.22. The van der Waals surface area contributed by atoms with E-state index in [0.29, 0.717) is 16.3 Å². The lowest BCUT2D eigenvalue weighted by atomic mass is 10.2. The van der Waals surface area contributed by atoms with Crippen molar-refractivity contribution in [3.8, 4) is 5.75 Å². The van der Waals surface area contributed by atoms with Crippen LogP contribution in [0.1, 0.15) is 10.4 Å². The second-order valence-corrected chi connectivity index (χ2v) is 3.84. The number of amides is 1. The van der Waals surface area contributed by atoms with Crippen molar-refractivity contribution < 1.29 is 9.90 Å². The van der Waals surface area contributed by atoms with Gasteiger partial charge in [0.2, 0.25) is 0 Å². The van der Waals surface area contributed by atoms with Gasteiger partial charge in [-0.3, -0.25) is 4.79 Å². The first kappa shape index (κ1) is 11.5. The first-order valence-corrected chi connectivity index (χ1v) is 5.30. The minimum Gasteiger partial charge on any atom is -0.506 e. The van der Waals surface area contributed by atoms with Gasteiger partial charge in [0.05, 0.1) is 5.69 Å². The van der Waals surface area contributed by atoms with Crippen LogP contribution in [0.4, 0.5) is 5.69 Å². The number of phenols is 1. The van der Waals surface area contributed by atoms with Crippen molar-refractivity contribution in [1.29, 1.82) is 0 Å². The maximum atomic E-state index is 11.8. The molecule has 0 spiro atoms. The van der Waals surface area contributed by atoms with Crippen molar-refractivity contribution in [2.24, 2.45) is 0 Å². The maximum absolute atomic E-state index is 11.8. The summed E-state index contributed by atoms with van der Waals surface area (Å²) in [7, 11) is 0. The zero-order chi connectivity index (χ0) is 12.3. The van der Waals surface area contributed by atoms with Gasteiger partial charge in [-0.25, -0.2) is 0 Å². The fourth-order valence-corrected chi connectivity index (χ4v) is 1.45. The molecule has 1 amide bonds. The molecule has 2 rings (SSSR count). The molecule has 0 aliphatic rings. The van der Waals surface area contributed by atoms with E-state index in [1.54, 1.807) is 36.4 Å². The third-order valence-electron chi connectivity index (χ3n) is 2.20. The minimum atomic E-state index is -0.303. The first-order chi connectivity index (χ1) is 8.16. The number of benzene rings is 2.